The lowest BCUT2D eigenvalue weighted by molar-refractivity contribution is 0.283. The summed E-state index contributed by atoms with van der Waals surface area (Å²) in [4.78, 5) is 0. The average molecular weight is 296 g/mol. The molecule has 0 aliphatic heterocycles. The molecule has 0 atom stereocenters. The van der Waals surface area contributed by atoms with Gasteiger partial charge in [-0.15, -0.1) is 0 Å². The van der Waals surface area contributed by atoms with Gasteiger partial charge in [0.1, 0.15) is 0 Å². The van der Waals surface area contributed by atoms with Crippen molar-refractivity contribution in [2.45, 2.75) is 32.9 Å². The van der Waals surface area contributed by atoms with E-state index in [9.17, 15) is 0 Å². The molecule has 0 bridgehead atoms. The van der Waals surface area contributed by atoms with Crippen LogP contribution in [0.4, 0.5) is 0 Å². The number of aromatic nitrogens is 1. The van der Waals surface area contributed by atoms with Crippen LogP contribution in [0.25, 0.3) is 21.8 Å². The predicted octanol–water partition coefficient (Wildman–Crippen LogP) is 3.68. The standard InChI is InChI=1S/C19H24N2O/c1-2-21-18-8-4-3-7-16(18)17-13-15(9-10-19(17)21)14-20-11-5-6-12-22/h3-4,7-10,13,20,22H,2,5-6,11-12,14H2,1H3. The summed E-state index contributed by atoms with van der Waals surface area (Å²) in [5.74, 6) is 0. The number of fused-ring (bicyclic) bond motifs is 3. The maximum absolute atomic E-state index is 8.80. The van der Waals surface area contributed by atoms with E-state index < -0.39 is 0 Å². The van der Waals surface area contributed by atoms with E-state index in [0.717, 1.165) is 32.5 Å². The summed E-state index contributed by atoms with van der Waals surface area (Å²) in [6, 6.07) is 15.4. The van der Waals surface area contributed by atoms with Crippen LogP contribution in [0.15, 0.2) is 42.5 Å². The number of rotatable bonds is 7. The lowest BCUT2D eigenvalue weighted by atomic mass is 10.1. The highest BCUT2D eigenvalue weighted by Gasteiger charge is 2.09. The van der Waals surface area contributed by atoms with E-state index in [1.165, 1.54) is 27.4 Å². The molecule has 0 unspecified atom stereocenters. The maximum atomic E-state index is 8.80. The Morgan fingerprint density at radius 2 is 1.82 bits per heavy atom. The Balaban J connectivity index is 1.88. The van der Waals surface area contributed by atoms with Crippen molar-refractivity contribution in [3.8, 4) is 0 Å². The first kappa shape index (κ1) is 15.1. The van der Waals surface area contributed by atoms with Crippen molar-refractivity contribution < 1.29 is 5.11 Å². The second kappa shape index (κ2) is 6.95. The highest BCUT2D eigenvalue weighted by atomic mass is 16.2. The summed E-state index contributed by atoms with van der Waals surface area (Å²) in [5.41, 5.74) is 3.94. The Morgan fingerprint density at radius 1 is 1.00 bits per heavy atom. The zero-order valence-electron chi connectivity index (χ0n) is 13.2. The average Bonchev–Trinajstić information content (AvgIpc) is 2.88. The molecular weight excluding hydrogens is 272 g/mol. The van der Waals surface area contributed by atoms with Crippen molar-refractivity contribution in [3.63, 3.8) is 0 Å². The van der Waals surface area contributed by atoms with Crippen LogP contribution in [0, 0.1) is 0 Å². The molecule has 0 aliphatic rings. The van der Waals surface area contributed by atoms with Gasteiger partial charge in [0.15, 0.2) is 0 Å². The number of aliphatic hydroxyl groups excluding tert-OH is 1. The molecule has 0 amide bonds. The van der Waals surface area contributed by atoms with Gasteiger partial charge in [0.05, 0.1) is 0 Å². The summed E-state index contributed by atoms with van der Waals surface area (Å²) < 4.78 is 2.38. The van der Waals surface area contributed by atoms with Gasteiger partial charge in [-0.2, -0.15) is 0 Å². The molecule has 2 aromatic carbocycles. The first-order chi connectivity index (χ1) is 10.8. The molecule has 0 fully saturated rings. The Bertz CT molecular complexity index is 761. The third-order valence-corrected chi connectivity index (χ3v) is 4.24. The highest BCUT2D eigenvalue weighted by Crippen LogP contribution is 2.29. The van der Waals surface area contributed by atoms with Crippen molar-refractivity contribution in [1.29, 1.82) is 0 Å². The number of para-hydroxylation sites is 1. The van der Waals surface area contributed by atoms with Crippen LogP contribution in [0.5, 0.6) is 0 Å². The number of aryl methyl sites for hydroxylation is 1. The predicted molar refractivity (Wildman–Crippen MR) is 93.1 cm³/mol. The van der Waals surface area contributed by atoms with Gasteiger partial charge in [0.2, 0.25) is 0 Å². The van der Waals surface area contributed by atoms with Gasteiger partial charge in [-0.3, -0.25) is 0 Å². The van der Waals surface area contributed by atoms with E-state index >= 15 is 0 Å². The maximum Gasteiger partial charge on any atom is 0.0491 e. The van der Waals surface area contributed by atoms with Gasteiger partial charge in [-0.1, -0.05) is 24.3 Å². The van der Waals surface area contributed by atoms with Crippen LogP contribution >= 0.6 is 0 Å². The molecular formula is C19H24N2O. The summed E-state index contributed by atoms with van der Waals surface area (Å²) in [6.07, 6.45) is 1.89. The SMILES string of the molecule is CCn1c2ccccc2c2cc(CNCCCCO)ccc21. The van der Waals surface area contributed by atoms with E-state index in [1.54, 1.807) is 0 Å². The lowest BCUT2D eigenvalue weighted by Gasteiger charge is -2.06. The van der Waals surface area contributed by atoms with Crippen LogP contribution in [-0.2, 0) is 13.1 Å². The van der Waals surface area contributed by atoms with Gasteiger partial charge in [0, 0.05) is 41.5 Å². The molecule has 0 spiro atoms. The molecule has 1 heterocycles. The van der Waals surface area contributed by atoms with Crippen molar-refractivity contribution in [2.75, 3.05) is 13.2 Å². The number of nitrogens with one attached hydrogen (secondary N) is 1. The van der Waals surface area contributed by atoms with Crippen molar-refractivity contribution >= 4 is 21.8 Å². The second-order valence-electron chi connectivity index (χ2n) is 5.72. The second-order valence-corrected chi connectivity index (χ2v) is 5.72. The fraction of sp³-hybridized carbons (Fsp3) is 0.368. The fourth-order valence-electron chi connectivity index (χ4n) is 3.15. The first-order valence-corrected chi connectivity index (χ1v) is 8.16. The normalized spacial score (nSPS) is 11.5. The van der Waals surface area contributed by atoms with Crippen LogP contribution in [-0.4, -0.2) is 22.8 Å². The molecule has 1 aromatic heterocycles. The molecule has 3 aromatic rings. The molecule has 3 rings (SSSR count). The van der Waals surface area contributed by atoms with Crippen molar-refractivity contribution in [1.82, 2.24) is 9.88 Å². The fourth-order valence-corrected chi connectivity index (χ4v) is 3.15. The summed E-state index contributed by atoms with van der Waals surface area (Å²) >= 11 is 0. The van der Waals surface area contributed by atoms with Crippen LogP contribution in [0.2, 0.25) is 0 Å². The number of hydrogen-bond acceptors (Lipinski definition) is 2. The molecule has 2 N–H and O–H groups in total. The Hall–Kier alpha value is -1.84. The monoisotopic (exact) mass is 296 g/mol. The number of benzene rings is 2. The topological polar surface area (TPSA) is 37.2 Å². The lowest BCUT2D eigenvalue weighted by Crippen LogP contribution is -2.14. The molecule has 116 valence electrons. The van der Waals surface area contributed by atoms with E-state index in [2.05, 4.69) is 59.3 Å². The van der Waals surface area contributed by atoms with Crippen LogP contribution in [0.3, 0.4) is 0 Å². The third-order valence-electron chi connectivity index (χ3n) is 4.24. The van der Waals surface area contributed by atoms with Crippen molar-refractivity contribution in [2.24, 2.45) is 0 Å². The Labute approximate surface area is 131 Å². The van der Waals surface area contributed by atoms with Gasteiger partial charge < -0.3 is 15.0 Å². The number of nitrogens with zero attached hydrogens (tertiary/aromatic N) is 1. The minimum absolute atomic E-state index is 0.282. The van der Waals surface area contributed by atoms with E-state index in [1.807, 2.05) is 0 Å². The Morgan fingerprint density at radius 3 is 2.64 bits per heavy atom. The number of hydrogen-bond donors (Lipinski definition) is 2. The Kier molecular flexibility index (Phi) is 4.76. The summed E-state index contributed by atoms with van der Waals surface area (Å²) in [7, 11) is 0. The van der Waals surface area contributed by atoms with Crippen LogP contribution < -0.4 is 5.32 Å². The van der Waals surface area contributed by atoms with Crippen LogP contribution in [0.1, 0.15) is 25.3 Å². The molecule has 22 heavy (non-hydrogen) atoms. The minimum atomic E-state index is 0.282. The quantitative estimate of drug-likeness (QED) is 0.653. The molecule has 0 radical (unpaired) electrons. The molecule has 3 nitrogen and oxygen atoms in total. The number of unbranched alkanes of at least 4 members (excludes halogenated alkanes) is 1. The minimum Gasteiger partial charge on any atom is -0.396 e. The van der Waals surface area contributed by atoms with E-state index in [4.69, 9.17) is 5.11 Å². The van der Waals surface area contributed by atoms with Gasteiger partial charge in [0.25, 0.3) is 0 Å². The van der Waals surface area contributed by atoms with Crippen molar-refractivity contribution in [3.05, 3.63) is 48.0 Å². The van der Waals surface area contributed by atoms with Gasteiger partial charge >= 0.3 is 0 Å². The summed E-state index contributed by atoms with van der Waals surface area (Å²) in [5, 5.41) is 14.9. The van der Waals surface area contributed by atoms with E-state index in [-0.39, 0.29) is 6.61 Å². The third kappa shape index (κ3) is 2.87. The zero-order valence-corrected chi connectivity index (χ0v) is 13.2. The number of aliphatic hydroxyl groups is 1. The first-order valence-electron chi connectivity index (χ1n) is 8.16. The van der Waals surface area contributed by atoms with Gasteiger partial charge in [-0.25, -0.2) is 0 Å². The molecule has 3 heteroatoms. The molecule has 0 saturated heterocycles. The highest BCUT2D eigenvalue weighted by molar-refractivity contribution is 6.08. The molecule has 0 saturated carbocycles. The van der Waals surface area contributed by atoms with E-state index in [0.29, 0.717) is 0 Å². The largest absolute Gasteiger partial charge is 0.396 e. The smallest absolute Gasteiger partial charge is 0.0491 e. The zero-order chi connectivity index (χ0) is 15.4. The summed E-state index contributed by atoms with van der Waals surface area (Å²) in [6.45, 7) is 5.30. The van der Waals surface area contributed by atoms with Gasteiger partial charge in [-0.05, 0) is 50.1 Å². The molecule has 0 aliphatic carbocycles.